The number of fused-ring (bicyclic) bond motifs is 1. The number of rotatable bonds is 3. The topological polar surface area (TPSA) is 43.8 Å². The first-order valence-electron chi connectivity index (χ1n) is 6.46. The molecule has 0 saturated heterocycles. The van der Waals surface area contributed by atoms with Crippen molar-refractivity contribution in [2.75, 3.05) is 0 Å². The molecular weight excluding hydrogens is 234 g/mol. The van der Waals surface area contributed by atoms with Crippen molar-refractivity contribution in [3.8, 4) is 0 Å². The van der Waals surface area contributed by atoms with Gasteiger partial charge in [0.05, 0.1) is 11.0 Å². The van der Waals surface area contributed by atoms with E-state index in [1.54, 1.807) is 0 Å². The van der Waals surface area contributed by atoms with Crippen molar-refractivity contribution in [3.63, 3.8) is 0 Å². The summed E-state index contributed by atoms with van der Waals surface area (Å²) in [6, 6.07) is 16.6. The zero-order chi connectivity index (χ0) is 13.2. The van der Waals surface area contributed by atoms with E-state index in [9.17, 15) is 0 Å². The molecule has 0 amide bonds. The molecule has 3 aromatic rings. The van der Waals surface area contributed by atoms with Gasteiger partial charge in [0, 0.05) is 20.0 Å². The van der Waals surface area contributed by atoms with E-state index in [1.165, 1.54) is 5.56 Å². The summed E-state index contributed by atoms with van der Waals surface area (Å²) in [6.45, 7) is 0.556. The number of nitrogens with zero attached hydrogens (tertiary/aromatic N) is 2. The Morgan fingerprint density at radius 3 is 2.58 bits per heavy atom. The Kier molecular flexibility index (Phi) is 3.05. The normalized spacial score (nSPS) is 11.1. The van der Waals surface area contributed by atoms with E-state index in [-0.39, 0.29) is 0 Å². The van der Waals surface area contributed by atoms with Crippen LogP contribution in [-0.2, 0) is 20.0 Å². The SMILES string of the molecule is Cn1c(Cc2ccccc2)nc2cc(CN)ccc21. The van der Waals surface area contributed by atoms with Gasteiger partial charge in [0.15, 0.2) is 0 Å². The van der Waals surface area contributed by atoms with Crippen LogP contribution < -0.4 is 5.73 Å². The van der Waals surface area contributed by atoms with Crippen LogP contribution in [0.25, 0.3) is 11.0 Å². The van der Waals surface area contributed by atoms with Gasteiger partial charge >= 0.3 is 0 Å². The van der Waals surface area contributed by atoms with Gasteiger partial charge < -0.3 is 10.3 Å². The summed E-state index contributed by atoms with van der Waals surface area (Å²) in [5.41, 5.74) is 10.3. The van der Waals surface area contributed by atoms with Gasteiger partial charge in [0.25, 0.3) is 0 Å². The fourth-order valence-electron chi connectivity index (χ4n) is 2.36. The van der Waals surface area contributed by atoms with Crippen molar-refractivity contribution in [2.45, 2.75) is 13.0 Å². The van der Waals surface area contributed by atoms with E-state index >= 15 is 0 Å². The molecule has 1 heterocycles. The van der Waals surface area contributed by atoms with E-state index in [0.29, 0.717) is 6.54 Å². The first-order chi connectivity index (χ1) is 9.28. The van der Waals surface area contributed by atoms with Crippen LogP contribution in [0.3, 0.4) is 0 Å². The molecule has 0 aliphatic carbocycles. The van der Waals surface area contributed by atoms with Crippen LogP contribution in [0.15, 0.2) is 48.5 Å². The van der Waals surface area contributed by atoms with Crippen molar-refractivity contribution >= 4 is 11.0 Å². The predicted octanol–water partition coefficient (Wildman–Crippen LogP) is 2.62. The molecule has 0 atom stereocenters. The maximum atomic E-state index is 5.67. The van der Waals surface area contributed by atoms with E-state index < -0.39 is 0 Å². The predicted molar refractivity (Wildman–Crippen MR) is 77.9 cm³/mol. The van der Waals surface area contributed by atoms with Crippen molar-refractivity contribution in [3.05, 3.63) is 65.5 Å². The molecule has 1 aromatic heterocycles. The van der Waals surface area contributed by atoms with E-state index in [0.717, 1.165) is 28.8 Å². The molecule has 96 valence electrons. The lowest BCUT2D eigenvalue weighted by Crippen LogP contribution is -1.98. The Labute approximate surface area is 112 Å². The van der Waals surface area contributed by atoms with Crippen LogP contribution >= 0.6 is 0 Å². The number of imidazole rings is 1. The van der Waals surface area contributed by atoms with Gasteiger partial charge in [-0.05, 0) is 23.3 Å². The number of nitrogens with two attached hydrogens (primary N) is 1. The molecule has 0 unspecified atom stereocenters. The number of aryl methyl sites for hydroxylation is 1. The van der Waals surface area contributed by atoms with Gasteiger partial charge in [-0.15, -0.1) is 0 Å². The molecule has 0 bridgehead atoms. The average Bonchev–Trinajstić information content (AvgIpc) is 2.76. The molecule has 0 radical (unpaired) electrons. The maximum absolute atomic E-state index is 5.67. The lowest BCUT2D eigenvalue weighted by atomic mass is 10.1. The molecule has 2 N–H and O–H groups in total. The fraction of sp³-hybridized carbons (Fsp3) is 0.188. The first-order valence-corrected chi connectivity index (χ1v) is 6.46. The molecule has 3 heteroatoms. The maximum Gasteiger partial charge on any atom is 0.114 e. The van der Waals surface area contributed by atoms with Crippen LogP contribution in [0.4, 0.5) is 0 Å². The molecule has 0 fully saturated rings. The summed E-state index contributed by atoms with van der Waals surface area (Å²) in [7, 11) is 2.07. The molecule has 0 aliphatic heterocycles. The van der Waals surface area contributed by atoms with E-state index in [2.05, 4.69) is 54.1 Å². The Balaban J connectivity index is 2.02. The van der Waals surface area contributed by atoms with Gasteiger partial charge in [0.1, 0.15) is 5.82 Å². The molecule has 2 aromatic carbocycles. The minimum Gasteiger partial charge on any atom is -0.331 e. The van der Waals surface area contributed by atoms with Crippen molar-refractivity contribution in [2.24, 2.45) is 12.8 Å². The van der Waals surface area contributed by atoms with Crippen LogP contribution in [0.5, 0.6) is 0 Å². The Morgan fingerprint density at radius 2 is 1.84 bits per heavy atom. The molecule has 3 nitrogen and oxygen atoms in total. The molecule has 0 spiro atoms. The smallest absolute Gasteiger partial charge is 0.114 e. The molecule has 19 heavy (non-hydrogen) atoms. The van der Waals surface area contributed by atoms with Gasteiger partial charge in [-0.3, -0.25) is 0 Å². The largest absolute Gasteiger partial charge is 0.331 e. The summed E-state index contributed by atoms with van der Waals surface area (Å²) in [5.74, 6) is 1.08. The second kappa shape index (κ2) is 4.86. The zero-order valence-electron chi connectivity index (χ0n) is 11.0. The van der Waals surface area contributed by atoms with Crippen LogP contribution in [0.2, 0.25) is 0 Å². The van der Waals surface area contributed by atoms with Crippen LogP contribution in [0, 0.1) is 0 Å². The molecular formula is C16H17N3. The van der Waals surface area contributed by atoms with Crippen molar-refractivity contribution < 1.29 is 0 Å². The lowest BCUT2D eigenvalue weighted by Gasteiger charge is -2.02. The van der Waals surface area contributed by atoms with Gasteiger partial charge in [-0.1, -0.05) is 36.4 Å². The highest BCUT2D eigenvalue weighted by molar-refractivity contribution is 5.76. The van der Waals surface area contributed by atoms with Gasteiger partial charge in [-0.2, -0.15) is 0 Å². The third kappa shape index (κ3) is 2.25. The monoisotopic (exact) mass is 251 g/mol. The minimum atomic E-state index is 0.556. The molecule has 0 aliphatic rings. The van der Waals surface area contributed by atoms with Crippen molar-refractivity contribution in [1.29, 1.82) is 0 Å². The first kappa shape index (κ1) is 11.9. The quantitative estimate of drug-likeness (QED) is 0.777. The fourth-order valence-corrected chi connectivity index (χ4v) is 2.36. The van der Waals surface area contributed by atoms with Gasteiger partial charge in [0.2, 0.25) is 0 Å². The number of hydrogen-bond donors (Lipinski definition) is 1. The van der Waals surface area contributed by atoms with Crippen LogP contribution in [0.1, 0.15) is 17.0 Å². The number of benzene rings is 2. The Hall–Kier alpha value is -2.13. The third-order valence-corrected chi connectivity index (χ3v) is 3.48. The second-order valence-corrected chi connectivity index (χ2v) is 4.78. The Bertz CT molecular complexity index is 699. The minimum absolute atomic E-state index is 0.556. The lowest BCUT2D eigenvalue weighted by molar-refractivity contribution is 0.844. The van der Waals surface area contributed by atoms with Gasteiger partial charge in [-0.25, -0.2) is 4.98 Å². The van der Waals surface area contributed by atoms with Crippen molar-refractivity contribution in [1.82, 2.24) is 9.55 Å². The molecule has 3 rings (SSSR count). The third-order valence-electron chi connectivity index (χ3n) is 3.48. The molecule has 0 saturated carbocycles. The highest BCUT2D eigenvalue weighted by Gasteiger charge is 2.08. The van der Waals surface area contributed by atoms with E-state index in [1.807, 2.05) is 6.07 Å². The van der Waals surface area contributed by atoms with Crippen LogP contribution in [-0.4, -0.2) is 9.55 Å². The summed E-state index contributed by atoms with van der Waals surface area (Å²) < 4.78 is 2.16. The number of hydrogen-bond acceptors (Lipinski definition) is 2. The Morgan fingerprint density at radius 1 is 1.05 bits per heavy atom. The number of aromatic nitrogens is 2. The average molecular weight is 251 g/mol. The highest BCUT2D eigenvalue weighted by Crippen LogP contribution is 2.18. The summed E-state index contributed by atoms with van der Waals surface area (Å²) in [6.07, 6.45) is 0.851. The second-order valence-electron chi connectivity index (χ2n) is 4.78. The zero-order valence-corrected chi connectivity index (χ0v) is 11.0. The standard InChI is InChI=1S/C16H17N3/c1-19-15-8-7-13(11-17)9-14(15)18-16(19)10-12-5-3-2-4-6-12/h2-9H,10-11,17H2,1H3. The summed E-state index contributed by atoms with van der Waals surface area (Å²) >= 11 is 0. The van der Waals surface area contributed by atoms with E-state index in [4.69, 9.17) is 10.7 Å². The summed E-state index contributed by atoms with van der Waals surface area (Å²) in [5, 5.41) is 0. The summed E-state index contributed by atoms with van der Waals surface area (Å²) in [4.78, 5) is 4.72. The highest BCUT2D eigenvalue weighted by atomic mass is 15.1.